The summed E-state index contributed by atoms with van der Waals surface area (Å²) < 4.78 is 6.03. The van der Waals surface area contributed by atoms with Crippen molar-refractivity contribution in [3.63, 3.8) is 0 Å². The van der Waals surface area contributed by atoms with E-state index in [1.807, 2.05) is 0 Å². The number of hydrogen-bond acceptors (Lipinski definition) is 2. The van der Waals surface area contributed by atoms with Crippen LogP contribution in [0.3, 0.4) is 0 Å². The van der Waals surface area contributed by atoms with Gasteiger partial charge in [0.15, 0.2) is 0 Å². The predicted octanol–water partition coefficient (Wildman–Crippen LogP) is 6.87. The molecule has 0 aliphatic heterocycles. The van der Waals surface area contributed by atoms with Crippen molar-refractivity contribution in [3.05, 3.63) is 59.7 Å². The molecule has 0 radical (unpaired) electrons. The topological polar surface area (TPSA) is 12.5 Å². The lowest BCUT2D eigenvalue weighted by atomic mass is 10.0. The van der Waals surface area contributed by atoms with E-state index < -0.39 is 0 Å². The Labute approximate surface area is 178 Å². The van der Waals surface area contributed by atoms with Crippen LogP contribution in [0.15, 0.2) is 48.5 Å². The molecule has 2 nitrogen and oxygen atoms in total. The number of hydrogen-bond donors (Lipinski definition) is 0. The van der Waals surface area contributed by atoms with Gasteiger partial charge in [0, 0.05) is 6.54 Å². The first kappa shape index (κ1) is 22.1. The summed E-state index contributed by atoms with van der Waals surface area (Å²) in [7, 11) is 0. The van der Waals surface area contributed by atoms with Gasteiger partial charge in [-0.2, -0.15) is 0 Å². The van der Waals surface area contributed by atoms with Gasteiger partial charge >= 0.3 is 0 Å². The van der Waals surface area contributed by atoms with Crippen LogP contribution < -0.4 is 0 Å². The first-order valence-corrected chi connectivity index (χ1v) is 11.8. The van der Waals surface area contributed by atoms with Crippen LogP contribution in [0.4, 0.5) is 0 Å². The maximum Gasteiger partial charge on any atom is 0.0720 e. The number of rotatable bonds is 12. The molecule has 0 N–H and O–H groups in total. The fourth-order valence-electron chi connectivity index (χ4n) is 4.25. The van der Waals surface area contributed by atoms with E-state index in [0.717, 1.165) is 13.0 Å². The van der Waals surface area contributed by atoms with Crippen molar-refractivity contribution in [2.75, 3.05) is 19.6 Å². The molecule has 1 fully saturated rings. The molecule has 0 bridgehead atoms. The van der Waals surface area contributed by atoms with Crippen molar-refractivity contribution >= 4 is 0 Å². The minimum absolute atomic E-state index is 0.484. The van der Waals surface area contributed by atoms with E-state index in [1.165, 1.54) is 86.8 Å². The highest BCUT2D eigenvalue weighted by Gasteiger charge is 2.15. The third-order valence-corrected chi connectivity index (χ3v) is 6.11. The third kappa shape index (κ3) is 7.28. The second kappa shape index (κ2) is 12.1. The van der Waals surface area contributed by atoms with Crippen LogP contribution in [0.1, 0.15) is 69.9 Å². The van der Waals surface area contributed by atoms with Crippen molar-refractivity contribution in [2.45, 2.75) is 77.9 Å². The zero-order valence-corrected chi connectivity index (χ0v) is 18.5. The molecule has 0 aromatic heterocycles. The van der Waals surface area contributed by atoms with Gasteiger partial charge in [-0.1, -0.05) is 81.6 Å². The van der Waals surface area contributed by atoms with Crippen LogP contribution in [-0.2, 0) is 17.8 Å². The van der Waals surface area contributed by atoms with Crippen LogP contribution in [0, 0.1) is 0 Å². The summed E-state index contributed by atoms with van der Waals surface area (Å²) in [5, 5.41) is 0. The van der Waals surface area contributed by atoms with Crippen LogP contribution >= 0.6 is 0 Å². The van der Waals surface area contributed by atoms with E-state index in [-0.39, 0.29) is 0 Å². The number of unbranched alkanes of at least 4 members (excludes halogenated alkanes) is 1. The molecule has 29 heavy (non-hydrogen) atoms. The number of ether oxygens (including phenoxy) is 1. The monoisotopic (exact) mass is 393 g/mol. The standard InChI is InChI=1S/C27H39NO/c1-3-5-20-28(19-4-2)21-18-23-10-14-25(15-11-23)26-16-12-24(13-17-26)22-29-27-8-6-7-9-27/h10-17,27H,3-9,18-22H2,1-2H3. The SMILES string of the molecule is CCCCN(CCC)CCc1ccc(-c2ccc(COC3CCCC3)cc2)cc1. The molecule has 2 heteroatoms. The molecule has 0 atom stereocenters. The third-order valence-electron chi connectivity index (χ3n) is 6.11. The molecule has 0 unspecified atom stereocenters. The van der Waals surface area contributed by atoms with E-state index in [0.29, 0.717) is 6.10 Å². The summed E-state index contributed by atoms with van der Waals surface area (Å²) in [5.41, 5.74) is 5.30. The van der Waals surface area contributed by atoms with E-state index >= 15 is 0 Å². The Morgan fingerprint density at radius 1 is 0.759 bits per heavy atom. The largest absolute Gasteiger partial charge is 0.374 e. The maximum absolute atomic E-state index is 6.03. The van der Waals surface area contributed by atoms with Gasteiger partial charge in [0.05, 0.1) is 12.7 Å². The Kier molecular flexibility index (Phi) is 9.24. The minimum atomic E-state index is 0.484. The van der Waals surface area contributed by atoms with Gasteiger partial charge in [-0.15, -0.1) is 0 Å². The van der Waals surface area contributed by atoms with Crippen LogP contribution in [-0.4, -0.2) is 30.6 Å². The van der Waals surface area contributed by atoms with Crippen molar-refractivity contribution in [2.24, 2.45) is 0 Å². The average Bonchev–Trinajstić information content (AvgIpc) is 3.29. The van der Waals surface area contributed by atoms with E-state index in [2.05, 4.69) is 67.3 Å². The van der Waals surface area contributed by atoms with Gasteiger partial charge in [-0.05, 0) is 67.4 Å². The quantitative estimate of drug-likeness (QED) is 0.390. The average molecular weight is 394 g/mol. The summed E-state index contributed by atoms with van der Waals surface area (Å²) in [6.45, 7) is 8.92. The molecule has 0 saturated heterocycles. The summed E-state index contributed by atoms with van der Waals surface area (Å²) in [6, 6.07) is 18.0. The highest BCUT2D eigenvalue weighted by atomic mass is 16.5. The zero-order chi connectivity index (χ0) is 20.3. The Morgan fingerprint density at radius 2 is 1.38 bits per heavy atom. The molecule has 1 saturated carbocycles. The maximum atomic E-state index is 6.03. The van der Waals surface area contributed by atoms with Crippen LogP contribution in [0.25, 0.3) is 11.1 Å². The van der Waals surface area contributed by atoms with Crippen LogP contribution in [0.2, 0.25) is 0 Å². The van der Waals surface area contributed by atoms with Crippen molar-refractivity contribution in [1.29, 1.82) is 0 Å². The minimum Gasteiger partial charge on any atom is -0.374 e. The summed E-state index contributed by atoms with van der Waals surface area (Å²) in [5.74, 6) is 0. The molecular weight excluding hydrogens is 354 g/mol. The second-order valence-electron chi connectivity index (χ2n) is 8.56. The van der Waals surface area contributed by atoms with Gasteiger partial charge in [0.25, 0.3) is 0 Å². The fourth-order valence-corrected chi connectivity index (χ4v) is 4.25. The highest BCUT2D eigenvalue weighted by molar-refractivity contribution is 5.63. The molecule has 158 valence electrons. The van der Waals surface area contributed by atoms with Crippen LogP contribution in [0.5, 0.6) is 0 Å². The number of benzene rings is 2. The summed E-state index contributed by atoms with van der Waals surface area (Å²) in [6.07, 6.45) is 10.6. The van der Waals surface area contributed by atoms with E-state index in [9.17, 15) is 0 Å². The molecule has 0 amide bonds. The number of nitrogens with zero attached hydrogens (tertiary/aromatic N) is 1. The molecule has 3 rings (SSSR count). The first-order chi connectivity index (χ1) is 14.3. The molecule has 0 heterocycles. The van der Waals surface area contributed by atoms with Gasteiger partial charge < -0.3 is 9.64 Å². The summed E-state index contributed by atoms with van der Waals surface area (Å²) >= 11 is 0. The molecule has 1 aliphatic carbocycles. The molecule has 2 aromatic carbocycles. The molecule has 1 aliphatic rings. The molecular formula is C27H39NO. The fraction of sp³-hybridized carbons (Fsp3) is 0.556. The lowest BCUT2D eigenvalue weighted by molar-refractivity contribution is 0.0457. The predicted molar refractivity (Wildman–Crippen MR) is 124 cm³/mol. The smallest absolute Gasteiger partial charge is 0.0720 e. The molecule has 2 aromatic rings. The Bertz CT molecular complexity index is 685. The Balaban J connectivity index is 1.49. The van der Waals surface area contributed by atoms with Gasteiger partial charge in [-0.25, -0.2) is 0 Å². The van der Waals surface area contributed by atoms with Gasteiger partial charge in [-0.3, -0.25) is 0 Å². The lowest BCUT2D eigenvalue weighted by Gasteiger charge is -2.21. The van der Waals surface area contributed by atoms with E-state index in [4.69, 9.17) is 4.74 Å². The lowest BCUT2D eigenvalue weighted by Crippen LogP contribution is -2.28. The van der Waals surface area contributed by atoms with Crippen molar-refractivity contribution in [1.82, 2.24) is 4.90 Å². The van der Waals surface area contributed by atoms with Gasteiger partial charge in [0.1, 0.15) is 0 Å². The van der Waals surface area contributed by atoms with Crippen molar-refractivity contribution < 1.29 is 4.74 Å². The van der Waals surface area contributed by atoms with E-state index in [1.54, 1.807) is 0 Å². The Morgan fingerprint density at radius 3 is 1.97 bits per heavy atom. The normalized spacial score (nSPS) is 14.7. The zero-order valence-electron chi connectivity index (χ0n) is 18.5. The first-order valence-electron chi connectivity index (χ1n) is 11.8. The summed E-state index contributed by atoms with van der Waals surface area (Å²) in [4.78, 5) is 2.61. The van der Waals surface area contributed by atoms with Gasteiger partial charge in [0.2, 0.25) is 0 Å². The van der Waals surface area contributed by atoms with Crippen molar-refractivity contribution in [3.8, 4) is 11.1 Å². The Hall–Kier alpha value is -1.64. The second-order valence-corrected chi connectivity index (χ2v) is 8.56. The highest BCUT2D eigenvalue weighted by Crippen LogP contribution is 2.24. The molecule has 0 spiro atoms.